The molecule has 0 aromatic rings. The molecular weight excluding hydrogens is 108 g/mol. The topological polar surface area (TPSA) is 0 Å². The van der Waals surface area contributed by atoms with Crippen molar-refractivity contribution in [2.45, 2.75) is 32.6 Å². The maximum Gasteiger partial charge on any atom is -0.0172 e. The molecule has 2 fully saturated rings. The second-order valence-electron chi connectivity index (χ2n) is 3.37. The Hall–Kier alpha value is -0.260. The molecule has 0 aromatic heterocycles. The van der Waals surface area contributed by atoms with Crippen LogP contribution in [0.3, 0.4) is 0 Å². The first kappa shape index (κ1) is 5.52. The van der Waals surface area contributed by atoms with Gasteiger partial charge in [-0.15, -0.1) is 0 Å². The van der Waals surface area contributed by atoms with E-state index in [1.807, 2.05) is 0 Å². The molecule has 2 unspecified atom stereocenters. The van der Waals surface area contributed by atoms with Gasteiger partial charge < -0.3 is 0 Å². The molecule has 2 saturated carbocycles. The second kappa shape index (κ2) is 1.86. The zero-order chi connectivity index (χ0) is 6.27. The van der Waals surface area contributed by atoms with Gasteiger partial charge in [-0.1, -0.05) is 18.1 Å². The van der Waals surface area contributed by atoms with Crippen LogP contribution in [0, 0.1) is 11.8 Å². The van der Waals surface area contributed by atoms with Gasteiger partial charge in [-0.3, -0.25) is 0 Å². The molecule has 0 heterocycles. The number of hydrogen-bond acceptors (Lipinski definition) is 0. The summed E-state index contributed by atoms with van der Waals surface area (Å²) < 4.78 is 0. The van der Waals surface area contributed by atoms with Gasteiger partial charge in [0.05, 0.1) is 0 Å². The Kier molecular flexibility index (Phi) is 1.14. The molecule has 0 saturated heterocycles. The van der Waals surface area contributed by atoms with E-state index in [0.717, 1.165) is 11.8 Å². The summed E-state index contributed by atoms with van der Waals surface area (Å²) in [5.41, 5.74) is 1.75. The molecule has 0 spiro atoms. The molecule has 2 atom stereocenters. The highest BCUT2D eigenvalue weighted by Gasteiger charge is 2.38. The monoisotopic (exact) mass is 122 g/mol. The van der Waals surface area contributed by atoms with E-state index in [9.17, 15) is 0 Å². The fourth-order valence-corrected chi connectivity index (χ4v) is 2.39. The van der Waals surface area contributed by atoms with Crippen LogP contribution in [-0.4, -0.2) is 0 Å². The van der Waals surface area contributed by atoms with E-state index in [0.29, 0.717) is 0 Å². The van der Waals surface area contributed by atoms with Crippen molar-refractivity contribution in [2.24, 2.45) is 11.8 Å². The van der Waals surface area contributed by atoms with Crippen LogP contribution in [0.4, 0.5) is 0 Å². The molecule has 50 valence electrons. The van der Waals surface area contributed by atoms with Gasteiger partial charge in [0.1, 0.15) is 0 Å². The standard InChI is InChI=1S/C9H14/c1-2-7-6-8-4-3-5-9(7)8/h2,8-9H,3-6H2,1H3/b7-2+. The Balaban J connectivity index is 2.09. The molecule has 0 amide bonds. The predicted octanol–water partition coefficient (Wildman–Crippen LogP) is 2.75. The Morgan fingerprint density at radius 1 is 1.44 bits per heavy atom. The Labute approximate surface area is 57.0 Å². The highest BCUT2D eigenvalue weighted by Crippen LogP contribution is 2.50. The van der Waals surface area contributed by atoms with Gasteiger partial charge in [-0.05, 0) is 38.0 Å². The summed E-state index contributed by atoms with van der Waals surface area (Å²) in [7, 11) is 0. The Morgan fingerprint density at radius 2 is 2.33 bits per heavy atom. The molecule has 9 heavy (non-hydrogen) atoms. The number of hydrogen-bond donors (Lipinski definition) is 0. The SMILES string of the molecule is C/C=C1\CC2CCCC12. The molecular formula is C9H14. The summed E-state index contributed by atoms with van der Waals surface area (Å²) >= 11 is 0. The van der Waals surface area contributed by atoms with E-state index in [2.05, 4.69) is 13.0 Å². The minimum absolute atomic E-state index is 1.04. The number of allylic oxidation sites excluding steroid dienone is 2. The molecule has 0 aromatic carbocycles. The average molecular weight is 122 g/mol. The Morgan fingerprint density at radius 3 is 3.00 bits per heavy atom. The van der Waals surface area contributed by atoms with Crippen LogP contribution >= 0.6 is 0 Å². The van der Waals surface area contributed by atoms with Crippen molar-refractivity contribution in [3.63, 3.8) is 0 Å². The minimum atomic E-state index is 1.04. The van der Waals surface area contributed by atoms with Crippen LogP contribution in [0.25, 0.3) is 0 Å². The van der Waals surface area contributed by atoms with E-state index in [-0.39, 0.29) is 0 Å². The van der Waals surface area contributed by atoms with Crippen LogP contribution in [0.5, 0.6) is 0 Å². The zero-order valence-corrected chi connectivity index (χ0v) is 6.06. The quantitative estimate of drug-likeness (QED) is 0.433. The predicted molar refractivity (Wildman–Crippen MR) is 39.2 cm³/mol. The van der Waals surface area contributed by atoms with Gasteiger partial charge in [-0.25, -0.2) is 0 Å². The van der Waals surface area contributed by atoms with Crippen LogP contribution < -0.4 is 0 Å². The van der Waals surface area contributed by atoms with Crippen molar-refractivity contribution in [1.82, 2.24) is 0 Å². The zero-order valence-electron chi connectivity index (χ0n) is 6.06. The van der Waals surface area contributed by atoms with Gasteiger partial charge in [0.25, 0.3) is 0 Å². The van der Waals surface area contributed by atoms with Crippen molar-refractivity contribution < 1.29 is 0 Å². The van der Waals surface area contributed by atoms with Crippen LogP contribution in [-0.2, 0) is 0 Å². The normalized spacial score (nSPS) is 44.8. The van der Waals surface area contributed by atoms with Gasteiger partial charge in [0.2, 0.25) is 0 Å². The highest BCUT2D eigenvalue weighted by molar-refractivity contribution is 5.19. The van der Waals surface area contributed by atoms with E-state index >= 15 is 0 Å². The summed E-state index contributed by atoms with van der Waals surface area (Å²) in [6, 6.07) is 0. The minimum Gasteiger partial charge on any atom is -0.0882 e. The summed E-state index contributed by atoms with van der Waals surface area (Å²) in [5, 5.41) is 0. The maximum atomic E-state index is 2.33. The maximum absolute atomic E-state index is 2.33. The molecule has 0 heteroatoms. The summed E-state index contributed by atoms with van der Waals surface area (Å²) in [6.45, 7) is 2.18. The smallest absolute Gasteiger partial charge is 0.0172 e. The van der Waals surface area contributed by atoms with Crippen LogP contribution in [0.2, 0.25) is 0 Å². The second-order valence-corrected chi connectivity index (χ2v) is 3.37. The first-order valence-corrected chi connectivity index (χ1v) is 4.07. The fraction of sp³-hybridized carbons (Fsp3) is 0.778. The van der Waals surface area contributed by atoms with Gasteiger partial charge in [-0.2, -0.15) is 0 Å². The number of fused-ring (bicyclic) bond motifs is 1. The average Bonchev–Trinajstić information content (AvgIpc) is 2.14. The van der Waals surface area contributed by atoms with E-state index < -0.39 is 0 Å². The summed E-state index contributed by atoms with van der Waals surface area (Å²) in [6.07, 6.45) is 8.26. The number of rotatable bonds is 0. The van der Waals surface area contributed by atoms with Gasteiger partial charge in [0, 0.05) is 0 Å². The lowest BCUT2D eigenvalue weighted by Gasteiger charge is -2.34. The lowest BCUT2D eigenvalue weighted by atomic mass is 9.71. The third-order valence-electron chi connectivity index (χ3n) is 3.00. The Bertz CT molecular complexity index is 144. The largest absolute Gasteiger partial charge is 0.0882 e. The fourth-order valence-electron chi connectivity index (χ4n) is 2.39. The lowest BCUT2D eigenvalue weighted by Crippen LogP contribution is -2.22. The van der Waals surface area contributed by atoms with E-state index in [1.54, 1.807) is 5.57 Å². The molecule has 0 nitrogen and oxygen atoms in total. The molecule has 0 radical (unpaired) electrons. The van der Waals surface area contributed by atoms with Crippen LogP contribution in [0.1, 0.15) is 32.6 Å². The van der Waals surface area contributed by atoms with Crippen molar-refractivity contribution in [3.05, 3.63) is 11.6 Å². The van der Waals surface area contributed by atoms with Crippen molar-refractivity contribution in [3.8, 4) is 0 Å². The summed E-state index contributed by atoms with van der Waals surface area (Å²) in [4.78, 5) is 0. The molecule has 2 aliphatic carbocycles. The third-order valence-corrected chi connectivity index (χ3v) is 3.00. The molecule has 0 N–H and O–H groups in total. The van der Waals surface area contributed by atoms with Crippen molar-refractivity contribution >= 4 is 0 Å². The van der Waals surface area contributed by atoms with E-state index in [1.165, 1.54) is 25.7 Å². The van der Waals surface area contributed by atoms with Crippen LogP contribution in [0.15, 0.2) is 11.6 Å². The lowest BCUT2D eigenvalue weighted by molar-refractivity contribution is 0.325. The van der Waals surface area contributed by atoms with Crippen molar-refractivity contribution in [2.75, 3.05) is 0 Å². The van der Waals surface area contributed by atoms with Gasteiger partial charge in [0.15, 0.2) is 0 Å². The van der Waals surface area contributed by atoms with E-state index in [4.69, 9.17) is 0 Å². The molecule has 2 aliphatic rings. The molecule has 2 rings (SSSR count). The van der Waals surface area contributed by atoms with Gasteiger partial charge >= 0.3 is 0 Å². The molecule has 0 bridgehead atoms. The first-order chi connectivity index (χ1) is 4.42. The highest BCUT2D eigenvalue weighted by atomic mass is 14.4. The third kappa shape index (κ3) is 0.654. The first-order valence-electron chi connectivity index (χ1n) is 4.07. The van der Waals surface area contributed by atoms with Crippen molar-refractivity contribution in [1.29, 1.82) is 0 Å². The summed E-state index contributed by atoms with van der Waals surface area (Å²) in [5.74, 6) is 2.14. The molecule has 0 aliphatic heterocycles.